The highest BCUT2D eigenvalue weighted by Gasteiger charge is 2.15. The van der Waals surface area contributed by atoms with Gasteiger partial charge in [0.1, 0.15) is 0 Å². The number of aromatic nitrogens is 4. The van der Waals surface area contributed by atoms with E-state index in [-0.39, 0.29) is 11.2 Å². The molecule has 3 N–H and O–H groups in total. The fourth-order valence-electron chi connectivity index (χ4n) is 1.45. The molecule has 0 saturated heterocycles. The Morgan fingerprint density at radius 3 is 2.50 bits per heavy atom. The Balaban J connectivity index is 2.99. The Morgan fingerprint density at radius 2 is 1.89 bits per heavy atom. The second kappa shape index (κ2) is 3.95. The fraction of sp³-hybridized carbons (Fsp3) is 0.222. The highest BCUT2D eigenvalue weighted by Crippen LogP contribution is 1.97. The van der Waals surface area contributed by atoms with Gasteiger partial charge in [0.2, 0.25) is 0 Å². The molecule has 0 bridgehead atoms. The van der Waals surface area contributed by atoms with Gasteiger partial charge in [0.15, 0.2) is 16.9 Å². The normalized spacial score (nSPS) is 10.6. The van der Waals surface area contributed by atoms with Crippen molar-refractivity contribution >= 4 is 17.1 Å². The quantitative estimate of drug-likeness (QED) is 0.523. The minimum atomic E-state index is -0.800. The summed E-state index contributed by atoms with van der Waals surface area (Å²) >= 11 is 0. The second-order valence-electron chi connectivity index (χ2n) is 3.51. The van der Waals surface area contributed by atoms with Crippen LogP contribution in [0.5, 0.6) is 0 Å². The van der Waals surface area contributed by atoms with Gasteiger partial charge in [-0.3, -0.25) is 23.9 Å². The lowest BCUT2D eigenvalue weighted by atomic mass is 10.4. The first-order valence-corrected chi connectivity index (χ1v) is 4.91. The number of aryl methyl sites for hydroxylation is 1. The van der Waals surface area contributed by atoms with Crippen LogP contribution in [-0.4, -0.2) is 32.5 Å². The number of nitrogens with one attached hydrogen (secondary N) is 3. The maximum atomic E-state index is 11.6. The lowest BCUT2D eigenvalue weighted by molar-refractivity contribution is 0.0957. The second-order valence-corrected chi connectivity index (χ2v) is 3.51. The SMILES string of the molecule is CNC(=O)c1nc2c([nH]c1=O)c(=O)[nH]c(=O)n2C. The number of amides is 1. The smallest absolute Gasteiger partial charge is 0.329 e. The van der Waals surface area contributed by atoms with Gasteiger partial charge in [0.25, 0.3) is 17.0 Å². The van der Waals surface area contributed by atoms with Crippen LogP contribution in [0.25, 0.3) is 11.2 Å². The molecule has 9 heteroatoms. The summed E-state index contributed by atoms with van der Waals surface area (Å²) in [5.74, 6) is -0.703. The zero-order valence-electron chi connectivity index (χ0n) is 9.53. The molecule has 2 aromatic rings. The topological polar surface area (TPSA) is 130 Å². The number of nitrogens with zero attached hydrogens (tertiary/aromatic N) is 2. The molecule has 1 amide bonds. The van der Waals surface area contributed by atoms with Gasteiger partial charge in [-0.15, -0.1) is 0 Å². The number of hydrogen-bond acceptors (Lipinski definition) is 5. The van der Waals surface area contributed by atoms with Crippen LogP contribution in [-0.2, 0) is 7.05 Å². The largest absolute Gasteiger partial charge is 0.354 e. The summed E-state index contributed by atoms with van der Waals surface area (Å²) in [5.41, 5.74) is -2.88. The van der Waals surface area contributed by atoms with Crippen molar-refractivity contribution in [2.24, 2.45) is 7.05 Å². The van der Waals surface area contributed by atoms with E-state index in [1.165, 1.54) is 14.1 Å². The Hall–Kier alpha value is -2.71. The summed E-state index contributed by atoms with van der Waals surface area (Å²) in [6, 6.07) is 0. The third-order valence-corrected chi connectivity index (χ3v) is 2.41. The van der Waals surface area contributed by atoms with Crippen molar-refractivity contribution in [1.82, 2.24) is 24.8 Å². The van der Waals surface area contributed by atoms with Crippen LogP contribution in [0.1, 0.15) is 10.5 Å². The Labute approximate surface area is 98.5 Å². The fourth-order valence-corrected chi connectivity index (χ4v) is 1.45. The maximum Gasteiger partial charge on any atom is 0.329 e. The molecule has 0 saturated carbocycles. The van der Waals surface area contributed by atoms with Crippen LogP contribution in [0.15, 0.2) is 14.4 Å². The zero-order chi connectivity index (χ0) is 13.4. The standard InChI is InChI=1S/C9H9N5O4/c1-10-6(15)4-8(17)12-3-5(11-4)14(2)9(18)13-7(3)16/h1-2H3,(H,10,15)(H,12,17)(H,13,16,18). The van der Waals surface area contributed by atoms with E-state index >= 15 is 0 Å². The molecule has 0 spiro atoms. The summed E-state index contributed by atoms with van der Waals surface area (Å²) in [6.45, 7) is 0. The molecule has 2 aromatic heterocycles. The molecule has 0 aromatic carbocycles. The van der Waals surface area contributed by atoms with Crippen molar-refractivity contribution in [1.29, 1.82) is 0 Å². The average molecular weight is 251 g/mol. The van der Waals surface area contributed by atoms with E-state index in [2.05, 4.69) is 15.3 Å². The lowest BCUT2D eigenvalue weighted by Crippen LogP contribution is -2.34. The monoisotopic (exact) mass is 251 g/mol. The van der Waals surface area contributed by atoms with Crippen molar-refractivity contribution in [2.45, 2.75) is 0 Å². The average Bonchev–Trinajstić information content (AvgIpc) is 2.35. The van der Waals surface area contributed by atoms with Crippen LogP contribution < -0.4 is 22.1 Å². The van der Waals surface area contributed by atoms with Crippen LogP contribution >= 0.6 is 0 Å². The lowest BCUT2D eigenvalue weighted by Gasteiger charge is -2.04. The zero-order valence-corrected chi connectivity index (χ0v) is 9.53. The molecule has 0 aliphatic rings. The Kier molecular flexibility index (Phi) is 2.58. The first-order valence-electron chi connectivity index (χ1n) is 4.91. The van der Waals surface area contributed by atoms with Crippen molar-refractivity contribution < 1.29 is 4.79 Å². The van der Waals surface area contributed by atoms with Gasteiger partial charge >= 0.3 is 5.69 Å². The molecule has 0 unspecified atom stereocenters. The van der Waals surface area contributed by atoms with Gasteiger partial charge in [0, 0.05) is 14.1 Å². The number of fused-ring (bicyclic) bond motifs is 1. The van der Waals surface area contributed by atoms with Crippen molar-refractivity contribution in [3.8, 4) is 0 Å². The Morgan fingerprint density at radius 1 is 1.22 bits per heavy atom. The highest BCUT2D eigenvalue weighted by molar-refractivity contribution is 5.93. The third kappa shape index (κ3) is 1.61. The molecule has 9 nitrogen and oxygen atoms in total. The molecule has 0 atom stereocenters. The summed E-state index contributed by atoms with van der Waals surface area (Å²) in [4.78, 5) is 53.8. The molecule has 0 radical (unpaired) electrons. The van der Waals surface area contributed by atoms with Gasteiger partial charge in [0.05, 0.1) is 0 Å². The summed E-state index contributed by atoms with van der Waals surface area (Å²) in [5, 5.41) is 2.24. The van der Waals surface area contributed by atoms with Crippen LogP contribution in [0.2, 0.25) is 0 Å². The molecular weight excluding hydrogens is 242 g/mol. The van der Waals surface area contributed by atoms with E-state index in [1.807, 2.05) is 4.98 Å². The van der Waals surface area contributed by atoms with Crippen LogP contribution in [0.4, 0.5) is 0 Å². The van der Waals surface area contributed by atoms with Crippen molar-refractivity contribution in [2.75, 3.05) is 7.05 Å². The van der Waals surface area contributed by atoms with Gasteiger partial charge in [-0.25, -0.2) is 9.78 Å². The van der Waals surface area contributed by atoms with Crippen LogP contribution in [0.3, 0.4) is 0 Å². The van der Waals surface area contributed by atoms with E-state index in [1.54, 1.807) is 0 Å². The van der Waals surface area contributed by atoms with Crippen molar-refractivity contribution in [3.63, 3.8) is 0 Å². The third-order valence-electron chi connectivity index (χ3n) is 2.41. The minimum absolute atomic E-state index is 0.0676. The van der Waals surface area contributed by atoms with E-state index in [0.717, 1.165) is 4.57 Å². The van der Waals surface area contributed by atoms with Crippen molar-refractivity contribution in [3.05, 3.63) is 36.9 Å². The van der Waals surface area contributed by atoms with E-state index in [4.69, 9.17) is 0 Å². The predicted molar refractivity (Wildman–Crippen MR) is 61.6 cm³/mol. The number of aromatic amines is 2. The van der Waals surface area contributed by atoms with Gasteiger partial charge in [-0.05, 0) is 0 Å². The number of H-pyrrole nitrogens is 2. The summed E-state index contributed by atoms with van der Waals surface area (Å²) in [7, 11) is 2.70. The van der Waals surface area contributed by atoms with E-state index in [9.17, 15) is 19.2 Å². The molecule has 94 valence electrons. The molecule has 2 heterocycles. The Bertz CT molecular complexity index is 812. The van der Waals surface area contributed by atoms with Gasteiger partial charge in [-0.2, -0.15) is 0 Å². The predicted octanol–water partition coefficient (Wildman–Crippen LogP) is -2.33. The first-order chi connectivity index (χ1) is 8.45. The number of rotatable bonds is 1. The molecule has 2 rings (SSSR count). The maximum absolute atomic E-state index is 11.6. The summed E-state index contributed by atoms with van der Waals surface area (Å²) < 4.78 is 1.03. The molecular formula is C9H9N5O4. The highest BCUT2D eigenvalue weighted by atomic mass is 16.2. The minimum Gasteiger partial charge on any atom is -0.354 e. The van der Waals surface area contributed by atoms with E-state index < -0.39 is 28.4 Å². The van der Waals surface area contributed by atoms with E-state index in [0.29, 0.717) is 0 Å². The van der Waals surface area contributed by atoms with Gasteiger partial charge in [-0.1, -0.05) is 0 Å². The molecule has 0 aliphatic carbocycles. The first kappa shape index (κ1) is 11.8. The van der Waals surface area contributed by atoms with Crippen LogP contribution in [0, 0.1) is 0 Å². The number of carbonyl (C=O) groups is 1. The van der Waals surface area contributed by atoms with Gasteiger partial charge < -0.3 is 10.3 Å². The molecule has 0 aliphatic heterocycles. The number of carbonyl (C=O) groups excluding carboxylic acids is 1. The molecule has 18 heavy (non-hydrogen) atoms. The molecule has 0 fully saturated rings. The number of hydrogen-bond donors (Lipinski definition) is 3. The summed E-state index contributed by atoms with van der Waals surface area (Å²) in [6.07, 6.45) is 0.